The third-order valence-electron chi connectivity index (χ3n) is 3.61. The largest absolute Gasteiger partial charge is 0.495 e. The summed E-state index contributed by atoms with van der Waals surface area (Å²) in [5.41, 5.74) is 2.41. The minimum atomic E-state index is -0.202. The van der Waals surface area contributed by atoms with Crippen molar-refractivity contribution >= 4 is 28.6 Å². The number of methoxy groups -OCH3 is 1. The number of nitrogens with zero attached hydrogens (tertiary/aromatic N) is 3. The number of hydrogen-bond donors (Lipinski definition) is 1. The van der Waals surface area contributed by atoms with Crippen molar-refractivity contribution in [2.24, 2.45) is 0 Å². The minimum Gasteiger partial charge on any atom is -0.495 e. The third-order valence-corrected chi connectivity index (χ3v) is 4.73. The van der Waals surface area contributed by atoms with Crippen LogP contribution < -0.4 is 10.3 Å². The highest BCUT2D eigenvalue weighted by Crippen LogP contribution is 2.30. The molecule has 1 aromatic carbocycles. The molecule has 0 unspecified atom stereocenters. The van der Waals surface area contributed by atoms with Crippen LogP contribution in [0.15, 0.2) is 46.8 Å². The Balaban J connectivity index is 1.94. The van der Waals surface area contributed by atoms with E-state index in [0.717, 1.165) is 16.1 Å². The molecule has 6 nitrogen and oxygen atoms in total. The van der Waals surface area contributed by atoms with Crippen molar-refractivity contribution in [1.29, 1.82) is 0 Å². The fourth-order valence-corrected chi connectivity index (χ4v) is 3.31. The van der Waals surface area contributed by atoms with Crippen LogP contribution in [0.5, 0.6) is 5.75 Å². The Morgan fingerprint density at radius 3 is 2.96 bits per heavy atom. The summed E-state index contributed by atoms with van der Waals surface area (Å²) < 4.78 is 6.63. The molecule has 8 heteroatoms. The fourth-order valence-electron chi connectivity index (χ4n) is 2.46. The van der Waals surface area contributed by atoms with Gasteiger partial charge in [0.25, 0.3) is 5.56 Å². The van der Waals surface area contributed by atoms with Crippen LogP contribution in [0, 0.1) is 0 Å². The lowest BCUT2D eigenvalue weighted by Gasteiger charge is -2.06. The molecule has 0 radical (unpaired) electrons. The molecule has 0 aliphatic heterocycles. The second kappa shape index (κ2) is 5.77. The van der Waals surface area contributed by atoms with Crippen LogP contribution in [0.3, 0.4) is 0 Å². The molecular weight excluding hydrogens is 348 g/mol. The molecule has 3 heterocycles. The highest BCUT2D eigenvalue weighted by molar-refractivity contribution is 7.13. The van der Waals surface area contributed by atoms with Gasteiger partial charge in [0.1, 0.15) is 10.8 Å². The zero-order valence-electron chi connectivity index (χ0n) is 12.5. The van der Waals surface area contributed by atoms with Crippen molar-refractivity contribution < 1.29 is 4.74 Å². The van der Waals surface area contributed by atoms with Gasteiger partial charge in [-0.2, -0.15) is 0 Å². The van der Waals surface area contributed by atoms with Gasteiger partial charge in [-0.1, -0.05) is 17.7 Å². The van der Waals surface area contributed by atoms with Crippen molar-refractivity contribution in [2.75, 3.05) is 7.11 Å². The van der Waals surface area contributed by atoms with Crippen LogP contribution in [0.4, 0.5) is 0 Å². The number of thiazole rings is 1. The maximum atomic E-state index is 12.4. The predicted molar refractivity (Wildman–Crippen MR) is 93.9 cm³/mol. The van der Waals surface area contributed by atoms with Gasteiger partial charge < -0.3 is 4.74 Å². The maximum absolute atomic E-state index is 12.4. The van der Waals surface area contributed by atoms with E-state index in [1.54, 1.807) is 37.7 Å². The van der Waals surface area contributed by atoms with Crippen molar-refractivity contribution in [1.82, 2.24) is 19.6 Å². The van der Waals surface area contributed by atoms with Gasteiger partial charge in [0.05, 0.1) is 23.4 Å². The molecule has 24 heavy (non-hydrogen) atoms. The molecule has 0 aliphatic carbocycles. The molecule has 120 valence electrons. The second-order valence-corrected chi connectivity index (χ2v) is 6.31. The van der Waals surface area contributed by atoms with E-state index in [9.17, 15) is 4.79 Å². The Hall–Kier alpha value is -2.64. The Morgan fingerprint density at radius 2 is 2.21 bits per heavy atom. The first-order chi connectivity index (χ1) is 11.7. The first kappa shape index (κ1) is 14.9. The van der Waals surface area contributed by atoms with Crippen molar-refractivity contribution in [3.63, 3.8) is 0 Å². The second-order valence-electron chi connectivity index (χ2n) is 5.01. The van der Waals surface area contributed by atoms with Gasteiger partial charge in [-0.3, -0.25) is 9.89 Å². The van der Waals surface area contributed by atoms with Gasteiger partial charge in [-0.25, -0.2) is 14.5 Å². The first-order valence-electron chi connectivity index (χ1n) is 7.02. The molecule has 0 bridgehead atoms. The number of hydrogen-bond acceptors (Lipinski definition) is 5. The molecule has 0 saturated carbocycles. The van der Waals surface area contributed by atoms with Gasteiger partial charge in [0.2, 0.25) is 0 Å². The van der Waals surface area contributed by atoms with E-state index in [-0.39, 0.29) is 5.56 Å². The summed E-state index contributed by atoms with van der Waals surface area (Å²) in [4.78, 5) is 21.3. The minimum absolute atomic E-state index is 0.202. The summed E-state index contributed by atoms with van der Waals surface area (Å²) in [6.45, 7) is 0. The summed E-state index contributed by atoms with van der Waals surface area (Å²) in [7, 11) is 1.54. The molecule has 3 aromatic heterocycles. The number of benzene rings is 1. The molecule has 0 aliphatic rings. The predicted octanol–water partition coefficient (Wildman–Crippen LogP) is 3.48. The molecule has 4 rings (SSSR count). The standard InChI is InChI=1S/C16H11ClN4O2S/c1-23-13-6-9(2-3-11(13)17)12-7-14(22)21-15(20-12)10(8-19-21)16-18-4-5-24-16/h2-8,19H,1H3. The van der Waals surface area contributed by atoms with Crippen LogP contribution in [0.25, 0.3) is 27.5 Å². The van der Waals surface area contributed by atoms with E-state index >= 15 is 0 Å². The summed E-state index contributed by atoms with van der Waals surface area (Å²) >= 11 is 7.55. The summed E-state index contributed by atoms with van der Waals surface area (Å²) in [5.74, 6) is 0.533. The van der Waals surface area contributed by atoms with Crippen LogP contribution >= 0.6 is 22.9 Å². The summed E-state index contributed by atoms with van der Waals surface area (Å²) in [6, 6.07) is 6.76. The molecule has 1 N–H and O–H groups in total. The van der Waals surface area contributed by atoms with Crippen molar-refractivity contribution in [3.05, 3.63) is 57.4 Å². The van der Waals surface area contributed by atoms with Gasteiger partial charge in [0.15, 0.2) is 5.65 Å². The normalized spacial score (nSPS) is 11.1. The average Bonchev–Trinajstić information content (AvgIpc) is 3.24. The lowest BCUT2D eigenvalue weighted by Crippen LogP contribution is -2.14. The Kier molecular flexibility index (Phi) is 3.59. The van der Waals surface area contributed by atoms with Crippen LogP contribution in [0.1, 0.15) is 0 Å². The molecule has 0 atom stereocenters. The summed E-state index contributed by atoms with van der Waals surface area (Å²) in [5, 5.41) is 6.10. The van der Waals surface area contributed by atoms with E-state index in [2.05, 4.69) is 15.1 Å². The number of fused-ring (bicyclic) bond motifs is 1. The molecule has 4 aromatic rings. The van der Waals surface area contributed by atoms with E-state index in [1.165, 1.54) is 21.9 Å². The Labute approximate surface area is 145 Å². The Bertz CT molecular complexity index is 1090. The fraction of sp³-hybridized carbons (Fsp3) is 0.0625. The van der Waals surface area contributed by atoms with Gasteiger partial charge >= 0.3 is 0 Å². The van der Waals surface area contributed by atoms with E-state index in [4.69, 9.17) is 16.3 Å². The van der Waals surface area contributed by atoms with Crippen LogP contribution in [0.2, 0.25) is 5.02 Å². The molecule has 0 saturated heterocycles. The third kappa shape index (κ3) is 2.38. The SMILES string of the molecule is COc1cc(-c2cc(=O)n3[nH]cc(-c4nccs4)c3n2)ccc1Cl. The van der Waals surface area contributed by atoms with Gasteiger partial charge in [-0.05, 0) is 12.1 Å². The van der Waals surface area contributed by atoms with Crippen LogP contribution in [-0.2, 0) is 0 Å². The van der Waals surface area contributed by atoms with Gasteiger partial charge in [-0.15, -0.1) is 11.3 Å². The first-order valence-corrected chi connectivity index (χ1v) is 8.28. The van der Waals surface area contributed by atoms with E-state index in [0.29, 0.717) is 22.1 Å². The molecule has 0 fully saturated rings. The van der Waals surface area contributed by atoms with Gasteiger partial charge in [0, 0.05) is 29.4 Å². The number of aromatic nitrogens is 4. The topological polar surface area (TPSA) is 72.3 Å². The zero-order valence-corrected chi connectivity index (χ0v) is 14.1. The van der Waals surface area contributed by atoms with E-state index < -0.39 is 0 Å². The molecular formula is C16H11ClN4O2S. The molecule has 0 spiro atoms. The monoisotopic (exact) mass is 358 g/mol. The number of H-pyrrole nitrogens is 1. The lowest BCUT2D eigenvalue weighted by molar-refractivity contribution is 0.415. The number of rotatable bonds is 3. The number of ether oxygens (including phenoxy) is 1. The average molecular weight is 359 g/mol. The highest BCUT2D eigenvalue weighted by atomic mass is 35.5. The quantitative estimate of drug-likeness (QED) is 0.608. The van der Waals surface area contributed by atoms with Crippen LogP contribution in [-0.4, -0.2) is 26.7 Å². The smallest absolute Gasteiger partial charge is 0.273 e. The van der Waals surface area contributed by atoms with Crippen molar-refractivity contribution in [2.45, 2.75) is 0 Å². The zero-order chi connectivity index (χ0) is 16.7. The number of aromatic amines is 1. The van der Waals surface area contributed by atoms with E-state index in [1.807, 2.05) is 5.38 Å². The van der Waals surface area contributed by atoms with Crippen molar-refractivity contribution in [3.8, 4) is 27.6 Å². The maximum Gasteiger partial charge on any atom is 0.273 e. The lowest BCUT2D eigenvalue weighted by atomic mass is 10.1. The summed E-state index contributed by atoms with van der Waals surface area (Å²) in [6.07, 6.45) is 3.45. The highest BCUT2D eigenvalue weighted by Gasteiger charge is 2.14. The Morgan fingerprint density at radius 1 is 1.33 bits per heavy atom. The number of nitrogens with one attached hydrogen (secondary N) is 1. The number of halogens is 1. The molecule has 0 amide bonds.